The minimum Gasteiger partial charge on any atom is -0.339 e. The van der Waals surface area contributed by atoms with Crippen LogP contribution in [0.1, 0.15) is 28.8 Å². The first-order valence-corrected chi connectivity index (χ1v) is 5.02. The van der Waals surface area contributed by atoms with Crippen LogP contribution in [0, 0.1) is 6.92 Å². The Labute approximate surface area is 84.5 Å². The predicted molar refractivity (Wildman–Crippen MR) is 56.3 cm³/mol. The molecule has 0 atom stereocenters. The number of nitrogens with zero attached hydrogens (tertiary/aromatic N) is 1. The van der Waals surface area contributed by atoms with Gasteiger partial charge in [-0.1, -0.05) is 17.7 Å². The van der Waals surface area contributed by atoms with E-state index in [4.69, 9.17) is 0 Å². The van der Waals surface area contributed by atoms with Crippen molar-refractivity contribution in [3.05, 3.63) is 35.4 Å². The van der Waals surface area contributed by atoms with Crippen molar-refractivity contribution < 1.29 is 4.79 Å². The molecule has 2 nitrogen and oxygen atoms in total. The van der Waals surface area contributed by atoms with Gasteiger partial charge in [0.2, 0.25) is 0 Å². The molecule has 0 saturated heterocycles. The minimum atomic E-state index is 0.149. The lowest BCUT2D eigenvalue weighted by Gasteiger charge is -2.16. The van der Waals surface area contributed by atoms with Crippen LogP contribution in [0.2, 0.25) is 0 Å². The monoisotopic (exact) mass is 189 g/mol. The maximum Gasteiger partial charge on any atom is 0.253 e. The Balaban J connectivity index is 2.17. The average molecular weight is 189 g/mol. The quantitative estimate of drug-likeness (QED) is 0.698. The third-order valence-corrected chi connectivity index (χ3v) is 2.68. The summed E-state index contributed by atoms with van der Waals surface area (Å²) in [5.74, 6) is 0.149. The molecule has 0 aliphatic heterocycles. The number of amides is 1. The van der Waals surface area contributed by atoms with E-state index in [0.29, 0.717) is 6.04 Å². The van der Waals surface area contributed by atoms with E-state index in [9.17, 15) is 4.79 Å². The van der Waals surface area contributed by atoms with E-state index < -0.39 is 0 Å². The topological polar surface area (TPSA) is 20.3 Å². The van der Waals surface area contributed by atoms with Gasteiger partial charge in [-0.15, -0.1) is 0 Å². The molecule has 1 aromatic rings. The summed E-state index contributed by atoms with van der Waals surface area (Å²) in [5.41, 5.74) is 1.94. The summed E-state index contributed by atoms with van der Waals surface area (Å²) in [4.78, 5) is 13.8. The van der Waals surface area contributed by atoms with Crippen molar-refractivity contribution in [2.45, 2.75) is 25.8 Å². The van der Waals surface area contributed by atoms with E-state index in [1.807, 2.05) is 43.1 Å². The standard InChI is InChI=1S/C12H15NO/c1-9-4-3-5-10(8-9)12(14)13(2)11-6-7-11/h3-5,8,11H,6-7H2,1-2H3. The van der Waals surface area contributed by atoms with E-state index in [-0.39, 0.29) is 5.91 Å². The number of benzene rings is 1. The number of hydrogen-bond donors (Lipinski definition) is 0. The van der Waals surface area contributed by atoms with Crippen LogP contribution in [0.4, 0.5) is 0 Å². The Morgan fingerprint density at radius 2 is 2.14 bits per heavy atom. The van der Waals surface area contributed by atoms with Crippen LogP contribution >= 0.6 is 0 Å². The summed E-state index contributed by atoms with van der Waals surface area (Å²) in [6, 6.07) is 8.26. The normalized spacial score (nSPS) is 15.3. The molecule has 0 aromatic heterocycles. The predicted octanol–water partition coefficient (Wildman–Crippen LogP) is 2.23. The van der Waals surface area contributed by atoms with Crippen molar-refractivity contribution in [1.29, 1.82) is 0 Å². The van der Waals surface area contributed by atoms with E-state index in [1.165, 1.54) is 0 Å². The van der Waals surface area contributed by atoms with Gasteiger partial charge in [-0.05, 0) is 31.9 Å². The highest BCUT2D eigenvalue weighted by molar-refractivity contribution is 5.94. The van der Waals surface area contributed by atoms with Crippen LogP contribution in [0.3, 0.4) is 0 Å². The first-order chi connectivity index (χ1) is 6.68. The molecule has 1 saturated carbocycles. The zero-order valence-corrected chi connectivity index (χ0v) is 8.66. The molecule has 2 heteroatoms. The number of aryl methyl sites for hydroxylation is 1. The van der Waals surface area contributed by atoms with E-state index in [1.54, 1.807) is 0 Å². The van der Waals surface area contributed by atoms with Crippen molar-refractivity contribution in [1.82, 2.24) is 4.90 Å². The molecule has 1 amide bonds. The molecule has 0 N–H and O–H groups in total. The van der Waals surface area contributed by atoms with E-state index >= 15 is 0 Å². The van der Waals surface area contributed by atoms with E-state index in [0.717, 1.165) is 24.0 Å². The van der Waals surface area contributed by atoms with Gasteiger partial charge in [-0.2, -0.15) is 0 Å². The molecular weight excluding hydrogens is 174 g/mol. The van der Waals surface area contributed by atoms with Gasteiger partial charge in [0.15, 0.2) is 0 Å². The Morgan fingerprint density at radius 3 is 2.71 bits per heavy atom. The summed E-state index contributed by atoms with van der Waals surface area (Å²) >= 11 is 0. The Kier molecular flexibility index (Phi) is 2.28. The second-order valence-corrected chi connectivity index (χ2v) is 4.02. The third kappa shape index (κ3) is 1.79. The molecule has 1 aliphatic carbocycles. The largest absolute Gasteiger partial charge is 0.339 e. The summed E-state index contributed by atoms with van der Waals surface area (Å²) in [5, 5.41) is 0. The van der Waals surface area contributed by atoms with Crippen molar-refractivity contribution in [3.63, 3.8) is 0 Å². The van der Waals surface area contributed by atoms with Gasteiger partial charge in [-0.3, -0.25) is 4.79 Å². The number of hydrogen-bond acceptors (Lipinski definition) is 1. The second kappa shape index (κ2) is 3.45. The highest BCUT2D eigenvalue weighted by atomic mass is 16.2. The molecule has 1 aliphatic rings. The lowest BCUT2D eigenvalue weighted by molar-refractivity contribution is 0.0785. The Hall–Kier alpha value is -1.31. The minimum absolute atomic E-state index is 0.149. The first kappa shape index (κ1) is 9.25. The molecule has 1 aromatic carbocycles. The van der Waals surface area contributed by atoms with Crippen molar-refractivity contribution in [2.75, 3.05) is 7.05 Å². The summed E-state index contributed by atoms with van der Waals surface area (Å²) < 4.78 is 0. The molecule has 0 bridgehead atoms. The lowest BCUT2D eigenvalue weighted by atomic mass is 10.1. The fraction of sp³-hybridized carbons (Fsp3) is 0.417. The summed E-state index contributed by atoms with van der Waals surface area (Å²) in [6.45, 7) is 2.01. The molecule has 2 rings (SSSR count). The highest BCUT2D eigenvalue weighted by Gasteiger charge is 2.29. The van der Waals surface area contributed by atoms with Crippen LogP contribution in [-0.2, 0) is 0 Å². The molecule has 74 valence electrons. The van der Waals surface area contributed by atoms with E-state index in [2.05, 4.69) is 0 Å². The average Bonchev–Trinajstić information content (AvgIpc) is 2.99. The molecule has 1 fully saturated rings. The maximum absolute atomic E-state index is 11.9. The molecule has 0 unspecified atom stereocenters. The molecule has 0 spiro atoms. The molecule has 0 radical (unpaired) electrons. The number of carbonyl (C=O) groups is 1. The summed E-state index contributed by atoms with van der Waals surface area (Å²) in [7, 11) is 1.89. The van der Waals surface area contributed by atoms with Gasteiger partial charge in [0.05, 0.1) is 0 Å². The Bertz CT molecular complexity index is 355. The van der Waals surface area contributed by atoms with Crippen LogP contribution < -0.4 is 0 Å². The van der Waals surface area contributed by atoms with Crippen LogP contribution in [-0.4, -0.2) is 23.9 Å². The lowest BCUT2D eigenvalue weighted by Crippen LogP contribution is -2.28. The highest BCUT2D eigenvalue weighted by Crippen LogP contribution is 2.26. The third-order valence-electron chi connectivity index (χ3n) is 2.68. The second-order valence-electron chi connectivity index (χ2n) is 4.02. The first-order valence-electron chi connectivity index (χ1n) is 5.02. The molecule has 0 heterocycles. The molecule has 14 heavy (non-hydrogen) atoms. The van der Waals surface area contributed by atoms with Crippen molar-refractivity contribution >= 4 is 5.91 Å². The Morgan fingerprint density at radius 1 is 1.43 bits per heavy atom. The van der Waals surface area contributed by atoms with Gasteiger partial charge < -0.3 is 4.90 Å². The number of rotatable bonds is 2. The zero-order valence-electron chi connectivity index (χ0n) is 8.66. The van der Waals surface area contributed by atoms with Gasteiger partial charge in [0.25, 0.3) is 5.91 Å². The van der Waals surface area contributed by atoms with Gasteiger partial charge in [0.1, 0.15) is 0 Å². The van der Waals surface area contributed by atoms with Gasteiger partial charge in [-0.25, -0.2) is 0 Å². The smallest absolute Gasteiger partial charge is 0.253 e. The van der Waals surface area contributed by atoms with Crippen LogP contribution in [0.25, 0.3) is 0 Å². The SMILES string of the molecule is Cc1cccc(C(=O)N(C)C2CC2)c1. The number of carbonyl (C=O) groups excluding carboxylic acids is 1. The maximum atomic E-state index is 11.9. The fourth-order valence-corrected chi connectivity index (χ4v) is 1.61. The van der Waals surface area contributed by atoms with Gasteiger partial charge in [0, 0.05) is 18.7 Å². The molecular formula is C12H15NO. The summed E-state index contributed by atoms with van der Waals surface area (Å²) in [6.07, 6.45) is 2.32. The fourth-order valence-electron chi connectivity index (χ4n) is 1.61. The van der Waals surface area contributed by atoms with Crippen molar-refractivity contribution in [2.24, 2.45) is 0 Å². The zero-order chi connectivity index (χ0) is 10.1. The van der Waals surface area contributed by atoms with Crippen LogP contribution in [0.5, 0.6) is 0 Å². The van der Waals surface area contributed by atoms with Crippen molar-refractivity contribution in [3.8, 4) is 0 Å². The van der Waals surface area contributed by atoms with Gasteiger partial charge >= 0.3 is 0 Å². The van der Waals surface area contributed by atoms with Crippen LogP contribution in [0.15, 0.2) is 24.3 Å².